The zero-order chi connectivity index (χ0) is 12.0. The maximum atomic E-state index is 3.85. The van der Waals surface area contributed by atoms with Gasteiger partial charge in [0.15, 0.2) is 0 Å². The Morgan fingerprint density at radius 2 is 2.12 bits per heavy atom. The van der Waals surface area contributed by atoms with E-state index in [-0.39, 0.29) is 0 Å². The molecule has 0 amide bonds. The van der Waals surface area contributed by atoms with Crippen molar-refractivity contribution >= 4 is 0 Å². The lowest BCUT2D eigenvalue weighted by Crippen LogP contribution is -2.22. The molecule has 0 aromatic heterocycles. The molecule has 0 radical (unpaired) electrons. The quantitative estimate of drug-likeness (QED) is 0.712. The molecule has 1 nitrogen and oxygen atoms in total. The van der Waals surface area contributed by atoms with Gasteiger partial charge >= 0.3 is 0 Å². The molecule has 1 aromatic rings. The van der Waals surface area contributed by atoms with Gasteiger partial charge in [-0.1, -0.05) is 31.2 Å². The minimum absolute atomic E-state index is 0.414. The highest BCUT2D eigenvalue weighted by Gasteiger charge is 2.11. The van der Waals surface area contributed by atoms with E-state index in [1.807, 2.05) is 6.08 Å². The van der Waals surface area contributed by atoms with Crippen molar-refractivity contribution in [2.45, 2.75) is 39.7 Å². The highest BCUT2D eigenvalue weighted by atomic mass is 14.9. The fourth-order valence-electron chi connectivity index (χ4n) is 1.96. The van der Waals surface area contributed by atoms with Crippen LogP contribution >= 0.6 is 0 Å². The number of rotatable bonds is 6. The van der Waals surface area contributed by atoms with Crippen molar-refractivity contribution in [1.82, 2.24) is 5.32 Å². The van der Waals surface area contributed by atoms with Crippen LogP contribution in [0.4, 0.5) is 0 Å². The maximum absolute atomic E-state index is 3.85. The van der Waals surface area contributed by atoms with E-state index in [2.05, 4.69) is 50.9 Å². The Kier molecular flexibility index (Phi) is 5.27. The molecule has 0 fully saturated rings. The molecule has 0 saturated heterocycles. The van der Waals surface area contributed by atoms with Crippen molar-refractivity contribution in [2.75, 3.05) is 6.54 Å². The second-order valence-corrected chi connectivity index (χ2v) is 4.32. The van der Waals surface area contributed by atoms with Crippen molar-refractivity contribution in [1.29, 1.82) is 0 Å². The molecule has 0 aliphatic heterocycles. The van der Waals surface area contributed by atoms with E-state index in [4.69, 9.17) is 0 Å². The summed E-state index contributed by atoms with van der Waals surface area (Å²) in [4.78, 5) is 0. The zero-order valence-electron chi connectivity index (χ0n) is 10.7. The molecule has 88 valence electrons. The summed E-state index contributed by atoms with van der Waals surface area (Å²) in [5.41, 5.74) is 4.18. The van der Waals surface area contributed by atoms with Crippen LogP contribution in [0, 0.1) is 13.8 Å². The van der Waals surface area contributed by atoms with E-state index in [9.17, 15) is 0 Å². The number of benzene rings is 1. The Morgan fingerprint density at radius 1 is 1.38 bits per heavy atom. The minimum atomic E-state index is 0.414. The van der Waals surface area contributed by atoms with Gasteiger partial charge in [-0.2, -0.15) is 0 Å². The maximum Gasteiger partial charge on any atom is 0.0357 e. The van der Waals surface area contributed by atoms with Crippen LogP contribution in [0.15, 0.2) is 30.9 Å². The van der Waals surface area contributed by atoms with Crippen LogP contribution in [0.2, 0.25) is 0 Å². The molecule has 1 heteroatoms. The van der Waals surface area contributed by atoms with E-state index < -0.39 is 0 Å². The Bertz CT molecular complexity index is 341. The molecule has 0 heterocycles. The second kappa shape index (κ2) is 6.49. The van der Waals surface area contributed by atoms with Crippen LogP contribution < -0.4 is 5.32 Å². The molecule has 1 aromatic carbocycles. The topological polar surface area (TPSA) is 12.0 Å². The van der Waals surface area contributed by atoms with Crippen LogP contribution in [0.25, 0.3) is 0 Å². The molecule has 1 rings (SSSR count). The van der Waals surface area contributed by atoms with E-state index in [0.717, 1.165) is 13.0 Å². The summed E-state index contributed by atoms with van der Waals surface area (Å²) in [7, 11) is 0. The predicted molar refractivity (Wildman–Crippen MR) is 71.8 cm³/mol. The van der Waals surface area contributed by atoms with Crippen molar-refractivity contribution in [3.05, 3.63) is 47.5 Å². The molecule has 0 saturated carbocycles. The summed E-state index contributed by atoms with van der Waals surface area (Å²) in [6, 6.07) is 6.95. The van der Waals surface area contributed by atoms with Gasteiger partial charge in [-0.05, 0) is 49.9 Å². The van der Waals surface area contributed by atoms with Gasteiger partial charge in [0.05, 0.1) is 0 Å². The van der Waals surface area contributed by atoms with Crippen LogP contribution in [0.5, 0.6) is 0 Å². The molecule has 0 aliphatic rings. The molecule has 0 bridgehead atoms. The largest absolute Gasteiger partial charge is 0.310 e. The molecule has 1 unspecified atom stereocenters. The lowest BCUT2D eigenvalue weighted by molar-refractivity contribution is 0.535. The van der Waals surface area contributed by atoms with E-state index in [1.165, 1.54) is 23.1 Å². The summed E-state index contributed by atoms with van der Waals surface area (Å²) in [6.45, 7) is 11.5. The summed E-state index contributed by atoms with van der Waals surface area (Å²) < 4.78 is 0. The Hall–Kier alpha value is -1.08. The first-order valence-corrected chi connectivity index (χ1v) is 6.11. The first-order chi connectivity index (χ1) is 7.70. The van der Waals surface area contributed by atoms with Gasteiger partial charge in [-0.25, -0.2) is 0 Å². The summed E-state index contributed by atoms with van der Waals surface area (Å²) in [5.74, 6) is 0. The minimum Gasteiger partial charge on any atom is -0.310 e. The number of nitrogens with one attached hydrogen (secondary N) is 1. The van der Waals surface area contributed by atoms with E-state index in [1.54, 1.807) is 0 Å². The van der Waals surface area contributed by atoms with Crippen molar-refractivity contribution in [3.8, 4) is 0 Å². The average Bonchev–Trinajstić information content (AvgIpc) is 2.28. The lowest BCUT2D eigenvalue weighted by Gasteiger charge is -2.20. The van der Waals surface area contributed by atoms with Crippen molar-refractivity contribution in [3.63, 3.8) is 0 Å². The Morgan fingerprint density at radius 3 is 2.75 bits per heavy atom. The third-order valence-corrected chi connectivity index (χ3v) is 3.07. The fourth-order valence-corrected chi connectivity index (χ4v) is 1.96. The predicted octanol–water partition coefficient (Wildman–Crippen LogP) is 3.92. The number of aryl methyl sites for hydroxylation is 1. The van der Waals surface area contributed by atoms with Gasteiger partial charge < -0.3 is 5.32 Å². The number of hydrogen-bond acceptors (Lipinski definition) is 1. The van der Waals surface area contributed by atoms with Gasteiger partial charge in [-0.3, -0.25) is 0 Å². The van der Waals surface area contributed by atoms with Gasteiger partial charge in [0.1, 0.15) is 0 Å². The molecule has 16 heavy (non-hydrogen) atoms. The molecule has 1 N–H and O–H groups in total. The molecular formula is C15H23N. The summed E-state index contributed by atoms with van der Waals surface area (Å²) in [6.07, 6.45) is 4.15. The highest BCUT2D eigenvalue weighted by Crippen LogP contribution is 2.23. The van der Waals surface area contributed by atoms with Gasteiger partial charge in [-0.15, -0.1) is 6.58 Å². The first-order valence-electron chi connectivity index (χ1n) is 6.11. The van der Waals surface area contributed by atoms with Gasteiger partial charge in [0, 0.05) is 6.04 Å². The molecular weight excluding hydrogens is 194 g/mol. The van der Waals surface area contributed by atoms with E-state index in [0.29, 0.717) is 6.04 Å². The lowest BCUT2D eigenvalue weighted by atomic mass is 9.95. The van der Waals surface area contributed by atoms with Crippen LogP contribution in [0.3, 0.4) is 0 Å². The third kappa shape index (κ3) is 3.21. The number of hydrogen-bond donors (Lipinski definition) is 1. The molecule has 1 atom stereocenters. The fraction of sp³-hybridized carbons (Fsp3) is 0.467. The standard InChI is InChI=1S/C15H23N/c1-5-8-15(16-11-6-2)14-10-7-9-12(3)13(14)4/h5,7,9-10,15-16H,1,6,8,11H2,2-4H3. The Labute approximate surface area is 99.6 Å². The molecule has 0 spiro atoms. The van der Waals surface area contributed by atoms with Gasteiger partial charge in [0.2, 0.25) is 0 Å². The van der Waals surface area contributed by atoms with E-state index >= 15 is 0 Å². The Balaban J connectivity index is 2.91. The average molecular weight is 217 g/mol. The summed E-state index contributed by atoms with van der Waals surface area (Å²) in [5, 5.41) is 3.58. The van der Waals surface area contributed by atoms with Crippen molar-refractivity contribution < 1.29 is 0 Å². The monoisotopic (exact) mass is 217 g/mol. The first kappa shape index (κ1) is 13.0. The second-order valence-electron chi connectivity index (χ2n) is 4.32. The van der Waals surface area contributed by atoms with Crippen LogP contribution in [-0.2, 0) is 0 Å². The zero-order valence-corrected chi connectivity index (χ0v) is 10.7. The SMILES string of the molecule is C=CCC(NCCC)c1cccc(C)c1C. The van der Waals surface area contributed by atoms with Gasteiger partial charge in [0.25, 0.3) is 0 Å². The summed E-state index contributed by atoms with van der Waals surface area (Å²) >= 11 is 0. The normalized spacial score (nSPS) is 12.4. The third-order valence-electron chi connectivity index (χ3n) is 3.07. The van der Waals surface area contributed by atoms with Crippen molar-refractivity contribution in [2.24, 2.45) is 0 Å². The smallest absolute Gasteiger partial charge is 0.0357 e. The van der Waals surface area contributed by atoms with Crippen LogP contribution in [0.1, 0.15) is 42.5 Å². The molecule has 0 aliphatic carbocycles. The highest BCUT2D eigenvalue weighted by molar-refractivity contribution is 5.35. The van der Waals surface area contributed by atoms with Crippen LogP contribution in [-0.4, -0.2) is 6.54 Å².